The third-order valence-corrected chi connectivity index (χ3v) is 6.87. The number of hydrogen-bond acceptors (Lipinski definition) is 9. The number of halogens is 3. The summed E-state index contributed by atoms with van der Waals surface area (Å²) in [6, 6.07) is 3.09. The summed E-state index contributed by atoms with van der Waals surface area (Å²) in [5.41, 5.74) is -1.60. The number of alkyl halides is 3. The van der Waals surface area contributed by atoms with Gasteiger partial charge in [0.2, 0.25) is 11.8 Å². The van der Waals surface area contributed by atoms with Crippen molar-refractivity contribution in [3.05, 3.63) is 35.2 Å². The fourth-order valence-corrected chi connectivity index (χ4v) is 5.10. The van der Waals surface area contributed by atoms with Crippen LogP contribution in [-0.2, 0) is 21.5 Å². The zero-order chi connectivity index (χ0) is 24.6. The van der Waals surface area contributed by atoms with Crippen LogP contribution in [0.3, 0.4) is 0 Å². The third kappa shape index (κ3) is 4.63. The summed E-state index contributed by atoms with van der Waals surface area (Å²) in [5.74, 6) is -3.82. The average molecular weight is 495 g/mol. The number of methoxy groups -OCH3 is 2. The molecule has 0 spiro atoms. The van der Waals surface area contributed by atoms with Crippen molar-refractivity contribution in [2.75, 3.05) is 14.2 Å². The van der Waals surface area contributed by atoms with E-state index in [4.69, 9.17) is 9.47 Å². The molecule has 2 aliphatic carbocycles. The minimum Gasteiger partial charge on any atom is -0.481 e. The van der Waals surface area contributed by atoms with Crippen LogP contribution in [0.4, 0.5) is 13.2 Å². The smallest absolute Gasteiger partial charge is 0.433 e. The molecule has 12 heteroatoms. The summed E-state index contributed by atoms with van der Waals surface area (Å²) < 4.78 is 50.1. The van der Waals surface area contributed by atoms with Crippen molar-refractivity contribution in [1.29, 1.82) is 0 Å². The molecule has 2 fully saturated rings. The number of ketones is 3. The van der Waals surface area contributed by atoms with Gasteiger partial charge in [-0.3, -0.25) is 14.4 Å². The zero-order valence-corrected chi connectivity index (χ0v) is 19.0. The van der Waals surface area contributed by atoms with E-state index in [0.717, 1.165) is 17.8 Å². The Hall–Kier alpha value is -3.02. The number of carbonyl (C=O) groups excluding carboxylic acids is 3. The van der Waals surface area contributed by atoms with Gasteiger partial charge in [0.1, 0.15) is 11.6 Å². The molecule has 2 bridgehead atoms. The van der Waals surface area contributed by atoms with Crippen LogP contribution in [0.5, 0.6) is 11.8 Å². The number of fused-ring (bicyclic) bond motifs is 2. The molecule has 8 nitrogen and oxygen atoms in total. The van der Waals surface area contributed by atoms with E-state index >= 15 is 0 Å². The highest BCUT2D eigenvalue weighted by Crippen LogP contribution is 2.42. The Morgan fingerprint density at radius 2 is 1.62 bits per heavy atom. The molecule has 0 aromatic carbocycles. The summed E-state index contributed by atoms with van der Waals surface area (Å²) in [5, 5.41) is 0.122. The monoisotopic (exact) mass is 495 g/mol. The van der Waals surface area contributed by atoms with Gasteiger partial charge in [0.15, 0.2) is 22.5 Å². The first kappa shape index (κ1) is 24.1. The van der Waals surface area contributed by atoms with Crippen molar-refractivity contribution in [2.24, 2.45) is 17.8 Å². The number of hydrogen-bond donors (Lipinski definition) is 0. The van der Waals surface area contributed by atoms with E-state index in [0.29, 0.717) is 25.3 Å². The lowest BCUT2D eigenvalue weighted by molar-refractivity contribution is -0.141. The predicted molar refractivity (Wildman–Crippen MR) is 113 cm³/mol. The van der Waals surface area contributed by atoms with Crippen LogP contribution >= 0.6 is 11.8 Å². The average Bonchev–Trinajstić information content (AvgIpc) is 3.27. The van der Waals surface area contributed by atoms with E-state index in [1.807, 2.05) is 0 Å². The fraction of sp³-hybridized carbons (Fsp3) is 0.455. The molecule has 2 atom stereocenters. The molecular weight excluding hydrogens is 475 g/mol. The number of pyridine rings is 1. The van der Waals surface area contributed by atoms with E-state index < -0.39 is 35.1 Å². The van der Waals surface area contributed by atoms with Crippen molar-refractivity contribution in [3.63, 3.8) is 0 Å². The molecule has 0 N–H and O–H groups in total. The second kappa shape index (κ2) is 9.32. The number of carbonyl (C=O) groups is 3. The van der Waals surface area contributed by atoms with E-state index in [1.165, 1.54) is 20.3 Å². The highest BCUT2D eigenvalue weighted by atomic mass is 32.2. The number of Topliss-reactive ketones (excluding diaryl/α,β-unsaturated/α-hetero) is 3. The molecule has 0 aliphatic heterocycles. The van der Waals surface area contributed by atoms with E-state index in [2.05, 4.69) is 15.0 Å². The van der Waals surface area contributed by atoms with Gasteiger partial charge in [0.05, 0.1) is 26.0 Å². The van der Waals surface area contributed by atoms with Crippen molar-refractivity contribution in [3.8, 4) is 11.8 Å². The molecule has 2 heterocycles. The van der Waals surface area contributed by atoms with Gasteiger partial charge >= 0.3 is 6.18 Å². The quantitative estimate of drug-likeness (QED) is 0.246. The van der Waals surface area contributed by atoms with Crippen molar-refractivity contribution >= 4 is 29.1 Å². The summed E-state index contributed by atoms with van der Waals surface area (Å²) in [7, 11) is 2.76. The number of aromatic nitrogens is 3. The second-order valence-corrected chi connectivity index (χ2v) is 8.96. The normalized spacial score (nSPS) is 22.1. The molecule has 180 valence electrons. The van der Waals surface area contributed by atoms with Crippen LogP contribution in [0.1, 0.15) is 41.0 Å². The number of rotatable bonds is 7. The summed E-state index contributed by atoms with van der Waals surface area (Å²) in [4.78, 5) is 50.7. The van der Waals surface area contributed by atoms with Crippen LogP contribution in [0.2, 0.25) is 0 Å². The fourth-order valence-electron chi connectivity index (χ4n) is 4.31. The van der Waals surface area contributed by atoms with Gasteiger partial charge in [-0.1, -0.05) is 11.8 Å². The van der Waals surface area contributed by atoms with Gasteiger partial charge in [-0.2, -0.15) is 23.1 Å². The van der Waals surface area contributed by atoms with E-state index in [-0.39, 0.29) is 45.8 Å². The van der Waals surface area contributed by atoms with Gasteiger partial charge in [0.25, 0.3) is 0 Å². The molecule has 2 aromatic heterocycles. The Kier molecular flexibility index (Phi) is 6.61. The van der Waals surface area contributed by atoms with Crippen LogP contribution in [-0.4, -0.2) is 46.5 Å². The Labute approximate surface area is 196 Å². The van der Waals surface area contributed by atoms with Gasteiger partial charge < -0.3 is 9.47 Å². The highest BCUT2D eigenvalue weighted by molar-refractivity contribution is 7.98. The first-order valence-corrected chi connectivity index (χ1v) is 11.4. The van der Waals surface area contributed by atoms with E-state index in [9.17, 15) is 27.6 Å². The highest BCUT2D eigenvalue weighted by Gasteiger charge is 2.50. The molecule has 2 saturated carbocycles. The van der Waals surface area contributed by atoms with Crippen LogP contribution in [0.25, 0.3) is 0 Å². The minimum atomic E-state index is -4.74. The van der Waals surface area contributed by atoms with Crippen LogP contribution in [0.15, 0.2) is 23.4 Å². The SMILES string of the molecule is COc1cc(OC)nc(SCc2nc(C(F)(F)F)ccc2C(=O)C2C(=O)C3CCC(C3)C2=O)n1. The summed E-state index contributed by atoms with van der Waals surface area (Å²) in [6.07, 6.45) is -3.22. The molecular formula is C22H20F3N3O5S. The maximum Gasteiger partial charge on any atom is 0.433 e. The summed E-state index contributed by atoms with van der Waals surface area (Å²) in [6.45, 7) is 0. The molecule has 2 aromatic rings. The molecule has 0 radical (unpaired) electrons. The standard InChI is InChI=1S/C22H20F3N3O5S/c1-32-15-8-16(33-2)28-21(27-15)34-9-13-12(5-6-14(26-13)22(23,24)25)20(31)17-18(29)10-3-4-11(7-10)19(17)30/h5-6,8,10-11,17H,3-4,7,9H2,1-2H3. The molecule has 0 amide bonds. The largest absolute Gasteiger partial charge is 0.481 e. The molecule has 0 saturated heterocycles. The topological polar surface area (TPSA) is 108 Å². The number of ether oxygens (including phenoxy) is 2. The lowest BCUT2D eigenvalue weighted by Gasteiger charge is -2.25. The van der Waals surface area contributed by atoms with Gasteiger partial charge in [-0.15, -0.1) is 0 Å². The lowest BCUT2D eigenvalue weighted by atomic mass is 9.75. The van der Waals surface area contributed by atoms with Gasteiger partial charge in [0, 0.05) is 23.2 Å². The Bertz CT molecular complexity index is 1110. The first-order chi connectivity index (χ1) is 16.1. The van der Waals surface area contributed by atoms with Crippen LogP contribution < -0.4 is 9.47 Å². The van der Waals surface area contributed by atoms with E-state index in [1.54, 1.807) is 0 Å². The van der Waals surface area contributed by atoms with Crippen molar-refractivity contribution < 1.29 is 37.0 Å². The molecule has 4 rings (SSSR count). The Morgan fingerprint density at radius 1 is 1.03 bits per heavy atom. The van der Waals surface area contributed by atoms with Crippen LogP contribution in [0, 0.1) is 17.8 Å². The molecule has 34 heavy (non-hydrogen) atoms. The van der Waals surface area contributed by atoms with Crippen molar-refractivity contribution in [1.82, 2.24) is 15.0 Å². The first-order valence-electron chi connectivity index (χ1n) is 10.4. The minimum absolute atomic E-state index is 0.122. The Balaban J connectivity index is 1.68. The number of thioether (sulfide) groups is 1. The molecule has 2 unspecified atom stereocenters. The van der Waals surface area contributed by atoms with Gasteiger partial charge in [-0.25, -0.2) is 4.98 Å². The maximum absolute atomic E-state index is 13.3. The number of nitrogens with zero attached hydrogens (tertiary/aromatic N) is 3. The van der Waals surface area contributed by atoms with Gasteiger partial charge in [-0.05, 0) is 31.4 Å². The second-order valence-electron chi connectivity index (χ2n) is 8.02. The maximum atomic E-state index is 13.3. The van der Waals surface area contributed by atoms with Crippen molar-refractivity contribution in [2.45, 2.75) is 36.3 Å². The zero-order valence-electron chi connectivity index (χ0n) is 18.2. The third-order valence-electron chi connectivity index (χ3n) is 6.01. The Morgan fingerprint density at radius 3 is 2.15 bits per heavy atom. The molecule has 2 aliphatic rings. The lowest BCUT2D eigenvalue weighted by Crippen LogP contribution is -2.41. The summed E-state index contributed by atoms with van der Waals surface area (Å²) >= 11 is 0.911. The predicted octanol–water partition coefficient (Wildman–Crippen LogP) is 3.57.